The Morgan fingerprint density at radius 2 is 1.90 bits per heavy atom. The molecule has 1 aromatic heterocycles. The average molecular weight is 285 g/mol. The highest BCUT2D eigenvalue weighted by Gasteiger charge is 2.13. The number of hydrogen-bond donors (Lipinski definition) is 2. The summed E-state index contributed by atoms with van der Waals surface area (Å²) >= 11 is 0. The number of nitrogen functional groups attached to an aromatic ring is 1. The quantitative estimate of drug-likeness (QED) is 0.664. The van der Waals surface area contributed by atoms with Crippen LogP contribution in [-0.4, -0.2) is 24.0 Å². The molecule has 3 N–H and O–H groups in total. The molecule has 2 aromatic rings. The van der Waals surface area contributed by atoms with E-state index < -0.39 is 11.9 Å². The molecule has 0 saturated heterocycles. The van der Waals surface area contributed by atoms with Gasteiger partial charge in [-0.25, -0.2) is 9.78 Å². The van der Waals surface area contributed by atoms with Crippen LogP contribution in [0.3, 0.4) is 0 Å². The van der Waals surface area contributed by atoms with Crippen LogP contribution < -0.4 is 11.1 Å². The first-order chi connectivity index (χ1) is 10.0. The summed E-state index contributed by atoms with van der Waals surface area (Å²) in [7, 11) is 1.25. The van der Waals surface area contributed by atoms with Crippen molar-refractivity contribution in [3.63, 3.8) is 0 Å². The highest BCUT2D eigenvalue weighted by atomic mass is 16.5. The van der Waals surface area contributed by atoms with Crippen molar-refractivity contribution in [2.45, 2.75) is 6.92 Å². The Kier molecular flexibility index (Phi) is 4.18. The summed E-state index contributed by atoms with van der Waals surface area (Å²) in [6.07, 6.45) is 0. The minimum absolute atomic E-state index is 0.0716. The van der Waals surface area contributed by atoms with Crippen LogP contribution in [0.25, 0.3) is 0 Å². The third-order valence-electron chi connectivity index (χ3n) is 2.83. The van der Waals surface area contributed by atoms with Crippen molar-refractivity contribution < 1.29 is 14.3 Å². The van der Waals surface area contributed by atoms with Crippen molar-refractivity contribution in [3.05, 3.63) is 53.3 Å². The fraction of sp³-hybridized carbons (Fsp3) is 0.133. The summed E-state index contributed by atoms with van der Waals surface area (Å²) in [5, 5.41) is 2.67. The van der Waals surface area contributed by atoms with Gasteiger partial charge in [-0.3, -0.25) is 4.79 Å². The van der Waals surface area contributed by atoms with Crippen molar-refractivity contribution in [1.82, 2.24) is 4.98 Å². The molecule has 0 saturated carbocycles. The van der Waals surface area contributed by atoms with E-state index in [0.717, 1.165) is 5.56 Å². The van der Waals surface area contributed by atoms with E-state index in [4.69, 9.17) is 5.73 Å². The minimum Gasteiger partial charge on any atom is -0.464 e. The predicted octanol–water partition coefficient (Wildman–Crippen LogP) is 2.01. The lowest BCUT2D eigenvalue weighted by Gasteiger charge is -2.09. The zero-order chi connectivity index (χ0) is 15.4. The summed E-state index contributed by atoms with van der Waals surface area (Å²) in [6.45, 7) is 1.89. The van der Waals surface area contributed by atoms with Crippen LogP contribution in [-0.2, 0) is 4.74 Å². The lowest BCUT2D eigenvalue weighted by molar-refractivity contribution is 0.0594. The van der Waals surface area contributed by atoms with Gasteiger partial charge in [-0.15, -0.1) is 0 Å². The largest absolute Gasteiger partial charge is 0.464 e. The SMILES string of the molecule is COC(=O)c1cccc(C(=O)Nc2cc(C)ccc2N)n1. The number of ether oxygens (including phenoxy) is 1. The highest BCUT2D eigenvalue weighted by Crippen LogP contribution is 2.20. The number of anilines is 2. The van der Waals surface area contributed by atoms with Crippen LogP contribution in [0.2, 0.25) is 0 Å². The van der Waals surface area contributed by atoms with Gasteiger partial charge in [-0.05, 0) is 36.8 Å². The summed E-state index contributed by atoms with van der Waals surface area (Å²) in [5.41, 5.74) is 7.92. The Balaban J connectivity index is 2.24. The van der Waals surface area contributed by atoms with Gasteiger partial charge in [0.1, 0.15) is 11.4 Å². The maximum absolute atomic E-state index is 12.2. The maximum atomic E-state index is 12.2. The molecule has 0 bridgehead atoms. The van der Waals surface area contributed by atoms with Crippen LogP contribution in [0, 0.1) is 6.92 Å². The summed E-state index contributed by atoms with van der Waals surface area (Å²) < 4.78 is 4.57. The van der Waals surface area contributed by atoms with Gasteiger partial charge in [0.15, 0.2) is 0 Å². The number of aryl methyl sites for hydroxylation is 1. The molecular formula is C15H15N3O3. The molecule has 0 fully saturated rings. The van der Waals surface area contributed by atoms with Crippen LogP contribution >= 0.6 is 0 Å². The third-order valence-corrected chi connectivity index (χ3v) is 2.83. The van der Waals surface area contributed by atoms with Gasteiger partial charge < -0.3 is 15.8 Å². The normalized spacial score (nSPS) is 10.0. The molecule has 6 nitrogen and oxygen atoms in total. The Bertz CT molecular complexity index is 698. The number of carbonyl (C=O) groups excluding carboxylic acids is 2. The first-order valence-electron chi connectivity index (χ1n) is 6.24. The third kappa shape index (κ3) is 3.36. The van der Waals surface area contributed by atoms with Gasteiger partial charge >= 0.3 is 5.97 Å². The fourth-order valence-electron chi connectivity index (χ4n) is 1.74. The van der Waals surface area contributed by atoms with E-state index in [1.165, 1.54) is 19.2 Å². The molecule has 0 spiro atoms. The number of rotatable bonds is 3. The summed E-state index contributed by atoms with van der Waals surface area (Å²) in [6, 6.07) is 9.87. The van der Waals surface area contributed by atoms with E-state index in [9.17, 15) is 9.59 Å². The molecule has 0 aliphatic rings. The van der Waals surface area contributed by atoms with E-state index in [1.807, 2.05) is 13.0 Å². The molecule has 0 unspecified atom stereocenters. The van der Waals surface area contributed by atoms with Gasteiger partial charge in [-0.1, -0.05) is 12.1 Å². The summed E-state index contributed by atoms with van der Waals surface area (Å²) in [5.74, 6) is -1.04. The van der Waals surface area contributed by atoms with E-state index in [1.54, 1.807) is 18.2 Å². The molecule has 0 aliphatic carbocycles. The number of esters is 1. The lowest BCUT2D eigenvalue weighted by atomic mass is 10.2. The number of nitrogens with zero attached hydrogens (tertiary/aromatic N) is 1. The second-order valence-corrected chi connectivity index (χ2v) is 4.44. The van der Waals surface area contributed by atoms with E-state index in [-0.39, 0.29) is 11.4 Å². The van der Waals surface area contributed by atoms with Crippen molar-refractivity contribution in [2.75, 3.05) is 18.2 Å². The van der Waals surface area contributed by atoms with Gasteiger partial charge in [0.05, 0.1) is 18.5 Å². The zero-order valence-corrected chi connectivity index (χ0v) is 11.7. The first kappa shape index (κ1) is 14.5. The first-order valence-corrected chi connectivity index (χ1v) is 6.24. The molecule has 0 atom stereocenters. The number of hydrogen-bond acceptors (Lipinski definition) is 5. The number of nitrogens with one attached hydrogen (secondary N) is 1. The molecule has 1 aromatic carbocycles. The molecular weight excluding hydrogens is 270 g/mol. The molecule has 1 amide bonds. The molecule has 1 heterocycles. The van der Waals surface area contributed by atoms with Crippen LogP contribution in [0.1, 0.15) is 26.5 Å². The Hall–Kier alpha value is -2.89. The number of benzene rings is 1. The number of aromatic nitrogens is 1. The van der Waals surface area contributed by atoms with Crippen molar-refractivity contribution in [3.8, 4) is 0 Å². The molecule has 108 valence electrons. The molecule has 0 aliphatic heterocycles. The Morgan fingerprint density at radius 3 is 2.62 bits per heavy atom. The zero-order valence-electron chi connectivity index (χ0n) is 11.7. The standard InChI is InChI=1S/C15H15N3O3/c1-9-6-7-10(16)13(8-9)18-14(19)11-4-3-5-12(17-11)15(20)21-2/h3-8H,16H2,1-2H3,(H,18,19). The van der Waals surface area contributed by atoms with Gasteiger partial charge in [-0.2, -0.15) is 0 Å². The number of carbonyl (C=O) groups is 2. The van der Waals surface area contributed by atoms with Crippen LogP contribution in [0.4, 0.5) is 11.4 Å². The van der Waals surface area contributed by atoms with Crippen LogP contribution in [0.5, 0.6) is 0 Å². The monoisotopic (exact) mass is 285 g/mol. The molecule has 2 rings (SSSR count). The molecule has 0 radical (unpaired) electrons. The number of nitrogens with two attached hydrogens (primary N) is 1. The van der Waals surface area contributed by atoms with E-state index >= 15 is 0 Å². The summed E-state index contributed by atoms with van der Waals surface area (Å²) in [4.78, 5) is 27.5. The molecule has 6 heteroatoms. The average Bonchev–Trinajstić information content (AvgIpc) is 2.50. The highest BCUT2D eigenvalue weighted by molar-refractivity contribution is 6.05. The van der Waals surface area contributed by atoms with E-state index in [2.05, 4.69) is 15.0 Å². The lowest BCUT2D eigenvalue weighted by Crippen LogP contribution is -2.16. The topological polar surface area (TPSA) is 94.3 Å². The molecule has 21 heavy (non-hydrogen) atoms. The van der Waals surface area contributed by atoms with Gasteiger partial charge in [0.2, 0.25) is 0 Å². The van der Waals surface area contributed by atoms with Crippen molar-refractivity contribution in [1.29, 1.82) is 0 Å². The fourth-order valence-corrected chi connectivity index (χ4v) is 1.74. The van der Waals surface area contributed by atoms with Crippen molar-refractivity contribution in [2.24, 2.45) is 0 Å². The number of pyridine rings is 1. The second-order valence-electron chi connectivity index (χ2n) is 4.44. The maximum Gasteiger partial charge on any atom is 0.356 e. The Labute approximate surface area is 121 Å². The number of amides is 1. The van der Waals surface area contributed by atoms with Gasteiger partial charge in [0.25, 0.3) is 5.91 Å². The van der Waals surface area contributed by atoms with Gasteiger partial charge in [0, 0.05) is 0 Å². The van der Waals surface area contributed by atoms with Crippen molar-refractivity contribution >= 4 is 23.3 Å². The van der Waals surface area contributed by atoms with Crippen LogP contribution in [0.15, 0.2) is 36.4 Å². The smallest absolute Gasteiger partial charge is 0.356 e. The predicted molar refractivity (Wildman–Crippen MR) is 79.1 cm³/mol. The number of methoxy groups -OCH3 is 1. The minimum atomic E-state index is -0.597. The second kappa shape index (κ2) is 6.04. The Morgan fingerprint density at radius 1 is 1.19 bits per heavy atom. The van der Waals surface area contributed by atoms with E-state index in [0.29, 0.717) is 11.4 Å².